The van der Waals surface area contributed by atoms with Gasteiger partial charge in [-0.25, -0.2) is 9.97 Å². The Morgan fingerprint density at radius 3 is 2.43 bits per heavy atom. The number of nitrogens with zero attached hydrogens (tertiary/aromatic N) is 4. The van der Waals surface area contributed by atoms with E-state index in [1.165, 1.54) is 23.5 Å². The minimum atomic E-state index is 0.0548. The van der Waals surface area contributed by atoms with Crippen molar-refractivity contribution in [3.63, 3.8) is 0 Å². The van der Waals surface area contributed by atoms with Crippen LogP contribution in [0.3, 0.4) is 0 Å². The van der Waals surface area contributed by atoms with Gasteiger partial charge in [0.1, 0.15) is 5.03 Å². The van der Waals surface area contributed by atoms with E-state index >= 15 is 0 Å². The zero-order valence-corrected chi connectivity index (χ0v) is 17.8. The maximum Gasteiger partial charge on any atom is 0.247 e. The number of thioether (sulfide) groups is 2. The number of carbonyl (C=O) groups excluding carboxylic acids is 1. The smallest absolute Gasteiger partial charge is 0.247 e. The lowest BCUT2D eigenvalue weighted by atomic mass is 10.2. The van der Waals surface area contributed by atoms with Crippen LogP contribution in [0, 0.1) is 6.92 Å². The molecular formula is C22H18N4O2S2. The average Bonchev–Trinajstić information content (AvgIpc) is 3.26. The highest BCUT2D eigenvalue weighted by Gasteiger charge is 2.12. The van der Waals surface area contributed by atoms with Gasteiger partial charge in [0.2, 0.25) is 11.8 Å². The van der Waals surface area contributed by atoms with Crippen LogP contribution in [0.25, 0.3) is 11.5 Å². The van der Waals surface area contributed by atoms with Crippen molar-refractivity contribution in [1.29, 1.82) is 0 Å². The van der Waals surface area contributed by atoms with Crippen molar-refractivity contribution in [1.82, 2.24) is 20.2 Å². The first-order valence-electron chi connectivity index (χ1n) is 9.25. The third kappa shape index (κ3) is 5.34. The summed E-state index contributed by atoms with van der Waals surface area (Å²) in [6.07, 6.45) is 0. The maximum atomic E-state index is 12.3. The van der Waals surface area contributed by atoms with Crippen molar-refractivity contribution >= 4 is 29.3 Å². The van der Waals surface area contributed by atoms with E-state index in [4.69, 9.17) is 4.42 Å². The molecule has 6 nitrogen and oxygen atoms in total. The molecule has 2 heterocycles. The highest BCUT2D eigenvalue weighted by atomic mass is 32.2. The van der Waals surface area contributed by atoms with Crippen LogP contribution in [-0.4, -0.2) is 31.7 Å². The molecule has 0 unspecified atom stereocenters. The predicted molar refractivity (Wildman–Crippen MR) is 118 cm³/mol. The van der Waals surface area contributed by atoms with Gasteiger partial charge in [0, 0.05) is 16.8 Å². The summed E-state index contributed by atoms with van der Waals surface area (Å²) in [5, 5.41) is 9.61. The predicted octanol–water partition coefficient (Wildman–Crippen LogP) is 5.10. The van der Waals surface area contributed by atoms with E-state index < -0.39 is 0 Å². The van der Waals surface area contributed by atoms with E-state index in [-0.39, 0.29) is 5.78 Å². The van der Waals surface area contributed by atoms with Crippen LogP contribution < -0.4 is 0 Å². The number of hydrogen-bond donors (Lipinski definition) is 0. The highest BCUT2D eigenvalue weighted by molar-refractivity contribution is 8.00. The van der Waals surface area contributed by atoms with Crippen LogP contribution >= 0.6 is 23.5 Å². The third-order valence-corrected chi connectivity index (χ3v) is 5.81. The number of benzene rings is 2. The summed E-state index contributed by atoms with van der Waals surface area (Å²) < 4.78 is 5.74. The molecule has 2 aromatic heterocycles. The van der Waals surface area contributed by atoms with Crippen molar-refractivity contribution in [3.8, 4) is 11.5 Å². The fourth-order valence-electron chi connectivity index (χ4n) is 2.63. The first-order chi connectivity index (χ1) is 14.7. The van der Waals surface area contributed by atoms with E-state index in [2.05, 4.69) is 20.2 Å². The molecule has 4 rings (SSSR count). The number of ketones is 1. The monoisotopic (exact) mass is 434 g/mol. The number of rotatable bonds is 8. The van der Waals surface area contributed by atoms with Gasteiger partial charge in [-0.3, -0.25) is 4.79 Å². The molecule has 2 aromatic carbocycles. The Bertz CT molecular complexity index is 1130. The number of hydrogen-bond acceptors (Lipinski definition) is 8. The van der Waals surface area contributed by atoms with Gasteiger partial charge in [-0.2, -0.15) is 0 Å². The molecule has 8 heteroatoms. The molecule has 0 saturated carbocycles. The summed E-state index contributed by atoms with van der Waals surface area (Å²) in [5.74, 6) is 1.88. The van der Waals surface area contributed by atoms with Crippen LogP contribution in [0.5, 0.6) is 0 Å². The lowest BCUT2D eigenvalue weighted by Gasteiger charge is -2.05. The molecule has 0 aliphatic rings. The summed E-state index contributed by atoms with van der Waals surface area (Å²) in [6.45, 7) is 1.91. The molecule has 0 bridgehead atoms. The molecule has 0 radical (unpaired) electrons. The number of aryl methyl sites for hydroxylation is 1. The molecule has 0 N–H and O–H groups in total. The summed E-state index contributed by atoms with van der Waals surface area (Å²) in [6, 6.07) is 20.8. The van der Waals surface area contributed by atoms with Crippen LogP contribution in [0.2, 0.25) is 0 Å². The Labute approximate surface area is 182 Å². The van der Waals surface area contributed by atoms with Crippen molar-refractivity contribution in [3.05, 3.63) is 83.9 Å². The van der Waals surface area contributed by atoms with Crippen molar-refractivity contribution in [2.45, 2.75) is 22.9 Å². The van der Waals surface area contributed by atoms with Gasteiger partial charge in [-0.1, -0.05) is 72.1 Å². The number of Topliss-reactive ketones (excluding diaryl/α,β-unsaturated/α-hetero) is 1. The molecule has 0 aliphatic carbocycles. The van der Waals surface area contributed by atoms with Crippen LogP contribution in [-0.2, 0) is 5.75 Å². The Balaban J connectivity index is 1.38. The lowest BCUT2D eigenvalue weighted by Crippen LogP contribution is -2.03. The van der Waals surface area contributed by atoms with Gasteiger partial charge in [-0.05, 0) is 25.1 Å². The SMILES string of the molecule is Cc1cc(SCc2nnc(-c3ccccc3)o2)nc(SCC(=O)c2ccccc2)n1. The maximum absolute atomic E-state index is 12.3. The molecule has 4 aromatic rings. The largest absolute Gasteiger partial charge is 0.420 e. The van der Waals surface area contributed by atoms with Crippen LogP contribution in [0.15, 0.2) is 81.3 Å². The van der Waals surface area contributed by atoms with Crippen molar-refractivity contribution in [2.24, 2.45) is 0 Å². The average molecular weight is 435 g/mol. The minimum Gasteiger partial charge on any atom is -0.420 e. The van der Waals surface area contributed by atoms with Crippen molar-refractivity contribution in [2.75, 3.05) is 5.75 Å². The van der Waals surface area contributed by atoms with Gasteiger partial charge in [0.25, 0.3) is 0 Å². The highest BCUT2D eigenvalue weighted by Crippen LogP contribution is 2.25. The van der Waals surface area contributed by atoms with E-state index in [1.54, 1.807) is 0 Å². The van der Waals surface area contributed by atoms with Gasteiger partial charge in [0.05, 0.1) is 11.5 Å². The molecule has 0 atom stereocenters. The zero-order chi connectivity index (χ0) is 20.8. The van der Waals surface area contributed by atoms with E-state index in [9.17, 15) is 4.79 Å². The first kappa shape index (κ1) is 20.3. The van der Waals surface area contributed by atoms with E-state index in [0.29, 0.717) is 34.0 Å². The third-order valence-electron chi connectivity index (χ3n) is 4.07. The molecule has 0 fully saturated rings. The summed E-state index contributed by atoms with van der Waals surface area (Å²) in [4.78, 5) is 21.3. The lowest BCUT2D eigenvalue weighted by molar-refractivity contribution is 0.102. The molecular weight excluding hydrogens is 416 g/mol. The Morgan fingerprint density at radius 1 is 0.933 bits per heavy atom. The fourth-order valence-corrected chi connectivity index (χ4v) is 4.28. The van der Waals surface area contributed by atoms with E-state index in [1.807, 2.05) is 73.7 Å². The van der Waals surface area contributed by atoms with Gasteiger partial charge >= 0.3 is 0 Å². The summed E-state index contributed by atoms with van der Waals surface area (Å²) >= 11 is 2.83. The molecule has 30 heavy (non-hydrogen) atoms. The Morgan fingerprint density at radius 2 is 1.67 bits per heavy atom. The summed E-state index contributed by atoms with van der Waals surface area (Å²) in [5.41, 5.74) is 2.43. The Kier molecular flexibility index (Phi) is 6.56. The molecule has 0 saturated heterocycles. The molecule has 0 aliphatic heterocycles. The van der Waals surface area contributed by atoms with Gasteiger partial charge in [-0.15, -0.1) is 10.2 Å². The van der Waals surface area contributed by atoms with E-state index in [0.717, 1.165) is 16.3 Å². The molecule has 150 valence electrons. The number of aromatic nitrogens is 4. The first-order valence-corrected chi connectivity index (χ1v) is 11.2. The Hall–Kier alpha value is -2.97. The zero-order valence-electron chi connectivity index (χ0n) is 16.2. The topological polar surface area (TPSA) is 81.8 Å². The fraction of sp³-hybridized carbons (Fsp3) is 0.136. The van der Waals surface area contributed by atoms with Gasteiger partial charge in [0.15, 0.2) is 10.9 Å². The minimum absolute atomic E-state index is 0.0548. The normalized spacial score (nSPS) is 10.8. The van der Waals surface area contributed by atoms with Crippen molar-refractivity contribution < 1.29 is 9.21 Å². The molecule has 0 spiro atoms. The summed E-state index contributed by atoms with van der Waals surface area (Å²) in [7, 11) is 0. The second-order valence-electron chi connectivity index (χ2n) is 6.36. The second-order valence-corrected chi connectivity index (χ2v) is 8.30. The van der Waals surface area contributed by atoms with Crippen LogP contribution in [0.1, 0.15) is 21.9 Å². The second kappa shape index (κ2) is 9.69. The molecule has 0 amide bonds. The standard InChI is InChI=1S/C22H18N4O2S2/c1-15-12-20(24-22(23-15)30-13-18(27)16-8-4-2-5-9-16)29-14-19-25-26-21(28-19)17-10-6-3-7-11-17/h2-12H,13-14H2,1H3. The number of carbonyl (C=O) groups is 1. The van der Waals surface area contributed by atoms with Crippen LogP contribution in [0.4, 0.5) is 0 Å². The van der Waals surface area contributed by atoms with Gasteiger partial charge < -0.3 is 4.42 Å². The quantitative estimate of drug-likeness (QED) is 0.164.